The second-order valence-corrected chi connectivity index (χ2v) is 5.20. The van der Waals surface area contributed by atoms with E-state index in [4.69, 9.17) is 5.73 Å². The molecule has 2 aromatic heterocycles. The van der Waals surface area contributed by atoms with Crippen molar-refractivity contribution in [2.45, 2.75) is 58.3 Å². The van der Waals surface area contributed by atoms with E-state index in [0.29, 0.717) is 17.4 Å². The molecular weight excluding hydrogens is 274 g/mol. The first-order chi connectivity index (χ1) is 9.24. The zero-order valence-corrected chi connectivity index (χ0v) is 13.0. The number of hydrogen-bond donors (Lipinski definition) is 2. The number of fused-ring (bicyclic) bond motifs is 1. The molecule has 5 nitrogen and oxygen atoms in total. The van der Waals surface area contributed by atoms with E-state index in [1.807, 2.05) is 0 Å². The predicted octanol–water partition coefficient (Wildman–Crippen LogP) is 3.82. The molecule has 20 heavy (non-hydrogen) atoms. The number of aromatic nitrogens is 4. The first-order valence-electron chi connectivity index (χ1n) is 7.18. The lowest BCUT2D eigenvalue weighted by Gasteiger charge is -2.10. The molecule has 0 aromatic carbocycles. The molecule has 1 atom stereocenters. The summed E-state index contributed by atoms with van der Waals surface area (Å²) in [7, 11) is 0. The normalized spacial score (nSPS) is 12.3. The highest BCUT2D eigenvalue weighted by Gasteiger charge is 2.15. The van der Waals surface area contributed by atoms with Crippen molar-refractivity contribution in [1.82, 2.24) is 20.2 Å². The molecule has 0 aliphatic heterocycles. The van der Waals surface area contributed by atoms with Crippen molar-refractivity contribution >= 4 is 29.3 Å². The molecule has 112 valence electrons. The summed E-state index contributed by atoms with van der Waals surface area (Å²) in [4.78, 5) is 8.18. The predicted molar refractivity (Wildman–Crippen MR) is 85.1 cm³/mol. The summed E-state index contributed by atoms with van der Waals surface area (Å²) < 4.78 is 0. The van der Waals surface area contributed by atoms with Crippen molar-refractivity contribution in [3.8, 4) is 0 Å². The van der Waals surface area contributed by atoms with Crippen LogP contribution in [-0.2, 0) is 0 Å². The third kappa shape index (κ3) is 3.82. The molecule has 0 saturated carbocycles. The highest BCUT2D eigenvalue weighted by molar-refractivity contribution is 5.87. The van der Waals surface area contributed by atoms with Crippen molar-refractivity contribution in [3.05, 3.63) is 12.0 Å². The van der Waals surface area contributed by atoms with E-state index >= 15 is 0 Å². The summed E-state index contributed by atoms with van der Waals surface area (Å²) in [6.07, 6.45) is 9.10. The molecule has 3 N–H and O–H groups in total. The first-order valence-corrected chi connectivity index (χ1v) is 7.18. The van der Waals surface area contributed by atoms with Gasteiger partial charge < -0.3 is 5.73 Å². The quantitative estimate of drug-likeness (QED) is 0.761. The molecule has 0 aliphatic carbocycles. The van der Waals surface area contributed by atoms with Crippen molar-refractivity contribution in [2.75, 3.05) is 5.73 Å². The Kier molecular flexibility index (Phi) is 6.71. The molecule has 0 spiro atoms. The Bertz CT molecular complexity index is 525. The van der Waals surface area contributed by atoms with Crippen molar-refractivity contribution in [2.24, 2.45) is 0 Å². The number of H-pyrrole nitrogens is 1. The molecule has 6 heteroatoms. The van der Waals surface area contributed by atoms with Crippen molar-refractivity contribution < 1.29 is 0 Å². The second kappa shape index (κ2) is 8.04. The number of halogens is 1. The highest BCUT2D eigenvalue weighted by Crippen LogP contribution is 2.28. The fourth-order valence-electron chi connectivity index (χ4n) is 2.46. The molecule has 2 rings (SSSR count). The number of unbranched alkanes of at least 4 members (excludes halogenated alkanes) is 4. The van der Waals surface area contributed by atoms with Gasteiger partial charge in [0.05, 0.1) is 11.1 Å². The van der Waals surface area contributed by atoms with Gasteiger partial charge in [0.2, 0.25) is 0 Å². The lowest BCUT2D eigenvalue weighted by Crippen LogP contribution is -1.98. The van der Waals surface area contributed by atoms with Crippen LogP contribution in [-0.4, -0.2) is 20.2 Å². The summed E-state index contributed by atoms with van der Waals surface area (Å²) in [5.41, 5.74) is 7.66. The number of nitrogens with one attached hydrogen (secondary N) is 1. The topological polar surface area (TPSA) is 80.5 Å². The van der Waals surface area contributed by atoms with Crippen LogP contribution >= 0.6 is 12.4 Å². The number of aromatic amines is 1. The number of nitrogens with zero attached hydrogens (tertiary/aromatic N) is 3. The Labute approximate surface area is 126 Å². The van der Waals surface area contributed by atoms with Crippen LogP contribution in [0.5, 0.6) is 0 Å². The average molecular weight is 298 g/mol. The van der Waals surface area contributed by atoms with Gasteiger partial charge >= 0.3 is 0 Å². The SMILES string of the molecule is CCCCCCCC(C)c1[nH]nc2ncnc(N)c12.Cl. The van der Waals surface area contributed by atoms with E-state index < -0.39 is 0 Å². The maximum atomic E-state index is 5.92. The van der Waals surface area contributed by atoms with Gasteiger partial charge in [-0.05, 0) is 12.3 Å². The lowest BCUT2D eigenvalue weighted by molar-refractivity contribution is 0.561. The Hall–Kier alpha value is -1.36. The Balaban J connectivity index is 0.00000200. The number of nitrogens with two attached hydrogens (primary N) is 1. The van der Waals surface area contributed by atoms with Crippen LogP contribution in [0.4, 0.5) is 5.82 Å². The van der Waals surface area contributed by atoms with Crippen LogP contribution in [0.3, 0.4) is 0 Å². The Morgan fingerprint density at radius 3 is 2.70 bits per heavy atom. The number of rotatable bonds is 7. The van der Waals surface area contributed by atoms with E-state index in [1.165, 1.54) is 38.4 Å². The van der Waals surface area contributed by atoms with E-state index in [2.05, 4.69) is 34.0 Å². The highest BCUT2D eigenvalue weighted by atomic mass is 35.5. The van der Waals surface area contributed by atoms with Gasteiger partial charge in [-0.15, -0.1) is 12.4 Å². The minimum atomic E-state index is 0. The molecule has 2 aromatic rings. The van der Waals surface area contributed by atoms with E-state index in [1.54, 1.807) is 0 Å². The summed E-state index contributed by atoms with van der Waals surface area (Å²) >= 11 is 0. The first kappa shape index (κ1) is 16.7. The average Bonchev–Trinajstić information content (AvgIpc) is 2.84. The third-order valence-corrected chi connectivity index (χ3v) is 3.64. The third-order valence-electron chi connectivity index (χ3n) is 3.64. The summed E-state index contributed by atoms with van der Waals surface area (Å²) in [6, 6.07) is 0. The second-order valence-electron chi connectivity index (χ2n) is 5.20. The molecule has 0 radical (unpaired) electrons. The van der Waals surface area contributed by atoms with Gasteiger partial charge in [-0.3, -0.25) is 5.10 Å². The molecule has 0 bridgehead atoms. The van der Waals surface area contributed by atoms with Crippen molar-refractivity contribution in [3.63, 3.8) is 0 Å². The molecular formula is C14H24ClN5. The van der Waals surface area contributed by atoms with Crippen LogP contribution in [0.1, 0.15) is 64.0 Å². The largest absolute Gasteiger partial charge is 0.383 e. The van der Waals surface area contributed by atoms with Crippen LogP contribution in [0.25, 0.3) is 11.0 Å². The van der Waals surface area contributed by atoms with E-state index in [9.17, 15) is 0 Å². The van der Waals surface area contributed by atoms with Gasteiger partial charge in [0.1, 0.15) is 12.1 Å². The fraction of sp³-hybridized carbons (Fsp3) is 0.643. The van der Waals surface area contributed by atoms with Gasteiger partial charge in [-0.2, -0.15) is 5.10 Å². The molecule has 0 fully saturated rings. The summed E-state index contributed by atoms with van der Waals surface area (Å²) in [6.45, 7) is 4.45. The smallest absolute Gasteiger partial charge is 0.186 e. The minimum absolute atomic E-state index is 0. The Morgan fingerprint density at radius 1 is 1.20 bits per heavy atom. The van der Waals surface area contributed by atoms with Gasteiger partial charge in [0.15, 0.2) is 5.65 Å². The molecule has 1 unspecified atom stereocenters. The molecule has 0 saturated heterocycles. The maximum Gasteiger partial charge on any atom is 0.186 e. The van der Waals surface area contributed by atoms with E-state index in [-0.39, 0.29) is 12.4 Å². The summed E-state index contributed by atoms with van der Waals surface area (Å²) in [5, 5.41) is 8.17. The minimum Gasteiger partial charge on any atom is -0.383 e. The van der Waals surface area contributed by atoms with Crippen LogP contribution in [0, 0.1) is 0 Å². The zero-order valence-electron chi connectivity index (χ0n) is 12.2. The lowest BCUT2D eigenvalue weighted by atomic mass is 9.97. The van der Waals surface area contributed by atoms with E-state index in [0.717, 1.165) is 17.5 Å². The molecule has 2 heterocycles. The fourth-order valence-corrected chi connectivity index (χ4v) is 2.46. The molecule has 0 amide bonds. The van der Waals surface area contributed by atoms with Crippen LogP contribution < -0.4 is 5.73 Å². The molecule has 0 aliphatic rings. The van der Waals surface area contributed by atoms with Gasteiger partial charge in [0, 0.05) is 0 Å². The van der Waals surface area contributed by atoms with Gasteiger partial charge in [-0.25, -0.2) is 9.97 Å². The zero-order chi connectivity index (χ0) is 13.7. The standard InChI is InChI=1S/C14H23N5.ClH/c1-3-4-5-6-7-8-10(2)12-11-13(15)16-9-17-14(11)19-18-12;/h9-10H,3-8H2,1-2H3,(H3,15,16,17,18,19);1H. The van der Waals surface area contributed by atoms with Crippen LogP contribution in [0.2, 0.25) is 0 Å². The number of hydrogen-bond acceptors (Lipinski definition) is 4. The monoisotopic (exact) mass is 297 g/mol. The van der Waals surface area contributed by atoms with Crippen molar-refractivity contribution in [1.29, 1.82) is 0 Å². The maximum absolute atomic E-state index is 5.92. The van der Waals surface area contributed by atoms with Gasteiger partial charge in [0.25, 0.3) is 0 Å². The van der Waals surface area contributed by atoms with Crippen LogP contribution in [0.15, 0.2) is 6.33 Å². The summed E-state index contributed by atoms with van der Waals surface area (Å²) in [5.74, 6) is 0.937. The number of anilines is 1. The number of nitrogen functional groups attached to an aromatic ring is 1. The van der Waals surface area contributed by atoms with Gasteiger partial charge in [-0.1, -0.05) is 46.0 Å². The Morgan fingerprint density at radius 2 is 1.95 bits per heavy atom.